The van der Waals surface area contributed by atoms with E-state index < -0.39 is 0 Å². The van der Waals surface area contributed by atoms with Crippen LogP contribution in [0.1, 0.15) is 17.5 Å². The summed E-state index contributed by atoms with van der Waals surface area (Å²) in [5.74, 6) is 0.263. The predicted molar refractivity (Wildman–Crippen MR) is 85.3 cm³/mol. The molecule has 5 heteroatoms. The van der Waals surface area contributed by atoms with E-state index in [4.69, 9.17) is 5.73 Å². The number of phenolic OH excluding ortho intramolecular Hbond substituents is 2. The van der Waals surface area contributed by atoms with E-state index in [1.807, 2.05) is 12.1 Å². The molecule has 5 nitrogen and oxygen atoms in total. The minimum absolute atomic E-state index is 0.0379. The molecule has 0 bridgehead atoms. The molecule has 0 atom stereocenters. The van der Waals surface area contributed by atoms with Gasteiger partial charge in [0.1, 0.15) is 11.4 Å². The van der Waals surface area contributed by atoms with E-state index in [1.165, 1.54) is 0 Å². The molecule has 0 fully saturated rings. The number of nitrogens with two attached hydrogens (primary N) is 1. The van der Waals surface area contributed by atoms with Crippen molar-refractivity contribution in [3.8, 4) is 11.5 Å². The average Bonchev–Trinajstić information content (AvgIpc) is 2.96. The summed E-state index contributed by atoms with van der Waals surface area (Å²) in [5.41, 5.74) is 9.96. The van der Waals surface area contributed by atoms with Crippen LogP contribution in [0.25, 0.3) is 5.57 Å². The molecule has 2 aromatic carbocycles. The van der Waals surface area contributed by atoms with E-state index in [1.54, 1.807) is 18.3 Å². The molecule has 2 aromatic rings. The fraction of sp³-hybridized carbons (Fsp3) is 0.176. The third kappa shape index (κ3) is 1.79. The number of rotatable bonds is 2. The largest absolute Gasteiger partial charge is 0.508 e. The quantitative estimate of drug-likeness (QED) is 0.573. The minimum atomic E-state index is 0.0379. The van der Waals surface area contributed by atoms with Gasteiger partial charge in [-0.05, 0) is 29.7 Å². The van der Waals surface area contributed by atoms with Crippen LogP contribution in [0.4, 0.5) is 11.4 Å². The number of aliphatic imine (C=N–C) groups is 1. The summed E-state index contributed by atoms with van der Waals surface area (Å²) in [6.45, 7) is 0.709. The first kappa shape index (κ1) is 12.9. The van der Waals surface area contributed by atoms with E-state index in [0.29, 0.717) is 24.3 Å². The van der Waals surface area contributed by atoms with Crippen LogP contribution < -0.4 is 16.3 Å². The molecule has 0 aromatic heterocycles. The van der Waals surface area contributed by atoms with Crippen LogP contribution in [0.2, 0.25) is 0 Å². The average molecular weight is 293 g/mol. The summed E-state index contributed by atoms with van der Waals surface area (Å²) in [4.78, 5) is 8.91. The number of nitrogen functional groups attached to an aromatic ring is 1. The van der Waals surface area contributed by atoms with E-state index in [-0.39, 0.29) is 11.5 Å². The summed E-state index contributed by atoms with van der Waals surface area (Å²) in [6.07, 6.45) is 3.19. The smallest absolute Gasteiger partial charge is 0.165 e. The summed E-state index contributed by atoms with van der Waals surface area (Å²) in [6, 6.07) is 6.97. The van der Waals surface area contributed by atoms with Crippen molar-refractivity contribution in [3.05, 3.63) is 46.0 Å². The van der Waals surface area contributed by atoms with Gasteiger partial charge in [-0.3, -0.25) is 9.98 Å². The summed E-state index contributed by atoms with van der Waals surface area (Å²) in [7, 11) is 0. The van der Waals surface area contributed by atoms with Crippen LogP contribution in [-0.2, 0) is 6.42 Å². The van der Waals surface area contributed by atoms with Gasteiger partial charge in [-0.2, -0.15) is 0 Å². The normalized spacial score (nSPS) is 14.8. The Morgan fingerprint density at radius 1 is 1.14 bits per heavy atom. The molecule has 4 rings (SSSR count). The zero-order valence-electron chi connectivity index (χ0n) is 11.9. The Kier molecular flexibility index (Phi) is 2.69. The van der Waals surface area contributed by atoms with Crippen molar-refractivity contribution in [1.29, 1.82) is 0 Å². The summed E-state index contributed by atoms with van der Waals surface area (Å²) >= 11 is 0. The first-order chi connectivity index (χ1) is 10.6. The lowest BCUT2D eigenvalue weighted by Crippen LogP contribution is -2.34. The van der Waals surface area contributed by atoms with Crippen molar-refractivity contribution < 1.29 is 10.2 Å². The van der Waals surface area contributed by atoms with Gasteiger partial charge in [-0.25, -0.2) is 0 Å². The lowest BCUT2D eigenvalue weighted by molar-refractivity contribution is 0.475. The van der Waals surface area contributed by atoms with Crippen LogP contribution >= 0.6 is 0 Å². The van der Waals surface area contributed by atoms with Gasteiger partial charge >= 0.3 is 0 Å². The zero-order valence-corrected chi connectivity index (χ0v) is 11.9. The maximum atomic E-state index is 10.3. The van der Waals surface area contributed by atoms with Crippen molar-refractivity contribution in [2.24, 2.45) is 9.98 Å². The number of nitrogens with zero attached hydrogens (tertiary/aromatic N) is 2. The molecule has 0 radical (unpaired) electrons. The van der Waals surface area contributed by atoms with Gasteiger partial charge in [-0.1, -0.05) is 12.1 Å². The second-order valence-corrected chi connectivity index (χ2v) is 5.57. The van der Waals surface area contributed by atoms with Crippen molar-refractivity contribution in [1.82, 2.24) is 0 Å². The van der Waals surface area contributed by atoms with Crippen LogP contribution in [0.3, 0.4) is 0 Å². The van der Waals surface area contributed by atoms with E-state index in [2.05, 4.69) is 9.98 Å². The molecular formula is C17H15N3O2. The van der Waals surface area contributed by atoms with Crippen LogP contribution in [-0.4, -0.2) is 23.0 Å². The zero-order chi connectivity index (χ0) is 15.3. The van der Waals surface area contributed by atoms with Crippen LogP contribution in [0.15, 0.2) is 34.3 Å². The minimum Gasteiger partial charge on any atom is -0.508 e. The molecule has 2 aliphatic rings. The number of benzene rings is 2. The highest BCUT2D eigenvalue weighted by atomic mass is 16.3. The van der Waals surface area contributed by atoms with E-state index >= 15 is 0 Å². The second kappa shape index (κ2) is 4.59. The van der Waals surface area contributed by atoms with Gasteiger partial charge in [0.15, 0.2) is 5.75 Å². The molecule has 0 unspecified atom stereocenters. The number of anilines is 1. The van der Waals surface area contributed by atoms with Crippen LogP contribution in [0, 0.1) is 0 Å². The van der Waals surface area contributed by atoms with Gasteiger partial charge in [0, 0.05) is 30.0 Å². The van der Waals surface area contributed by atoms with Crippen molar-refractivity contribution in [2.45, 2.75) is 12.8 Å². The molecule has 0 spiro atoms. The lowest BCUT2D eigenvalue weighted by Gasteiger charge is -2.13. The molecule has 110 valence electrons. The Balaban J connectivity index is 1.95. The standard InChI is InChI=1S/C17H15N3O2/c18-14-12(7-9-1-3-11(21)4-2-9)15-13-10(5-6-19-15)8-20-16(13)17(14)22/h1-4,8,21-22H,5-7,18H2. The highest BCUT2D eigenvalue weighted by Crippen LogP contribution is 2.34. The third-order valence-electron chi connectivity index (χ3n) is 4.20. The Morgan fingerprint density at radius 3 is 2.68 bits per heavy atom. The monoisotopic (exact) mass is 293 g/mol. The van der Waals surface area contributed by atoms with Gasteiger partial charge in [-0.15, -0.1) is 0 Å². The molecule has 0 saturated heterocycles. The fourth-order valence-electron chi connectivity index (χ4n) is 3.07. The molecule has 4 N–H and O–H groups in total. The molecule has 2 heterocycles. The lowest BCUT2D eigenvalue weighted by atomic mass is 9.97. The molecule has 2 aliphatic heterocycles. The predicted octanol–water partition coefficient (Wildman–Crippen LogP) is 1.16. The molecule has 0 amide bonds. The summed E-state index contributed by atoms with van der Waals surface area (Å²) in [5, 5.41) is 21.5. The Morgan fingerprint density at radius 2 is 1.91 bits per heavy atom. The highest BCUT2D eigenvalue weighted by Gasteiger charge is 2.22. The molecule has 0 aliphatic carbocycles. The van der Waals surface area contributed by atoms with Crippen molar-refractivity contribution in [2.75, 3.05) is 12.3 Å². The molecule has 0 saturated carbocycles. The molecular weight excluding hydrogens is 278 g/mol. The van der Waals surface area contributed by atoms with Gasteiger partial charge in [0.2, 0.25) is 0 Å². The maximum Gasteiger partial charge on any atom is 0.165 e. The Labute approximate surface area is 126 Å². The first-order valence-corrected chi connectivity index (χ1v) is 7.18. The van der Waals surface area contributed by atoms with E-state index in [0.717, 1.165) is 33.7 Å². The maximum absolute atomic E-state index is 10.3. The van der Waals surface area contributed by atoms with E-state index in [9.17, 15) is 10.2 Å². The molecule has 22 heavy (non-hydrogen) atoms. The third-order valence-corrected chi connectivity index (χ3v) is 4.20. The van der Waals surface area contributed by atoms with Crippen LogP contribution in [0.5, 0.6) is 11.5 Å². The highest BCUT2D eigenvalue weighted by molar-refractivity contribution is 6.08. The Bertz CT molecular complexity index is 928. The van der Waals surface area contributed by atoms with Gasteiger partial charge in [0.05, 0.1) is 11.0 Å². The fourth-order valence-corrected chi connectivity index (χ4v) is 3.07. The SMILES string of the molecule is Nc1c(O)c2c3c(c1Cc1ccc(O)cc1)=NCCC=3C=N2. The van der Waals surface area contributed by atoms with Crippen molar-refractivity contribution in [3.63, 3.8) is 0 Å². The number of hydrogen-bond acceptors (Lipinski definition) is 5. The summed E-state index contributed by atoms with van der Waals surface area (Å²) < 4.78 is 0. The number of phenols is 2. The first-order valence-electron chi connectivity index (χ1n) is 7.18. The topological polar surface area (TPSA) is 91.2 Å². The second-order valence-electron chi connectivity index (χ2n) is 5.57. The van der Waals surface area contributed by atoms with Crippen molar-refractivity contribution >= 4 is 23.2 Å². The number of aromatic hydroxyl groups is 2. The van der Waals surface area contributed by atoms with Gasteiger partial charge < -0.3 is 15.9 Å². The van der Waals surface area contributed by atoms with Gasteiger partial charge in [0.25, 0.3) is 0 Å². The number of hydrogen-bond donors (Lipinski definition) is 3. The Hall–Kier alpha value is -2.82.